The lowest BCUT2D eigenvalue weighted by atomic mass is 9.95. The van der Waals surface area contributed by atoms with Crippen LogP contribution in [0.15, 0.2) is 27.2 Å². The molecule has 8 heteroatoms. The van der Waals surface area contributed by atoms with Crippen LogP contribution in [0.4, 0.5) is 5.88 Å². The number of rotatable bonds is 8. The number of oxazole rings is 1. The summed E-state index contributed by atoms with van der Waals surface area (Å²) in [6, 6.07) is 6.09. The number of aromatic nitrogens is 1. The number of unbranched alkanes of at least 4 members (excludes halogenated alkanes) is 1. The molecule has 1 amide bonds. The van der Waals surface area contributed by atoms with Crippen molar-refractivity contribution in [3.63, 3.8) is 0 Å². The number of likely N-dealkylation sites (tertiary alicyclic amines) is 1. The molecule has 2 aliphatic rings. The van der Waals surface area contributed by atoms with Crippen molar-refractivity contribution in [1.29, 1.82) is 5.26 Å². The molecule has 0 radical (unpaired) electrons. The number of piperidine rings is 2. The molecule has 2 saturated heterocycles. The Morgan fingerprint density at radius 2 is 2.12 bits per heavy atom. The number of hydrogen-bond acceptors (Lipinski definition) is 7. The summed E-state index contributed by atoms with van der Waals surface area (Å²) in [5, 5.41) is 12.7. The normalized spacial score (nSPS) is 20.2. The number of nitriles is 1. The van der Waals surface area contributed by atoms with Crippen LogP contribution in [0.25, 0.3) is 11.7 Å². The SMILES string of the molecule is CCCCN1CCCCC1CNC(=O)C1CCN(c2oc(-c3ccco3)nc2C#N)CC1. The standard InChI is InChI=1S/C24H33N5O3/c1-2-3-11-28-12-5-4-7-19(28)17-26-22(30)18-9-13-29(14-10-18)24-20(16-25)27-23(32-24)21-8-6-15-31-21/h6,8,15,18-19H,2-5,7,9-14,17H2,1H3,(H,26,30). The topological polar surface area (TPSA) is 98.5 Å². The largest absolute Gasteiger partial charge is 0.459 e. The second kappa shape index (κ2) is 10.7. The van der Waals surface area contributed by atoms with Crippen LogP contribution in [0.3, 0.4) is 0 Å². The number of carbonyl (C=O) groups is 1. The summed E-state index contributed by atoms with van der Waals surface area (Å²) in [5.41, 5.74) is 0.253. The highest BCUT2D eigenvalue weighted by atomic mass is 16.4. The maximum absolute atomic E-state index is 12.8. The highest BCUT2D eigenvalue weighted by molar-refractivity contribution is 5.79. The van der Waals surface area contributed by atoms with Crippen molar-refractivity contribution in [2.24, 2.45) is 5.92 Å². The van der Waals surface area contributed by atoms with Gasteiger partial charge in [0, 0.05) is 31.6 Å². The molecule has 0 saturated carbocycles. The van der Waals surface area contributed by atoms with E-state index in [-0.39, 0.29) is 17.5 Å². The molecular weight excluding hydrogens is 406 g/mol. The van der Waals surface area contributed by atoms with Crippen LogP contribution in [0.1, 0.15) is 57.6 Å². The molecule has 0 aliphatic carbocycles. The number of furan rings is 1. The van der Waals surface area contributed by atoms with E-state index in [1.165, 1.54) is 32.1 Å². The number of carbonyl (C=O) groups excluding carboxylic acids is 1. The number of amides is 1. The van der Waals surface area contributed by atoms with E-state index in [2.05, 4.69) is 28.2 Å². The van der Waals surface area contributed by atoms with Crippen LogP contribution in [-0.2, 0) is 4.79 Å². The van der Waals surface area contributed by atoms with Crippen LogP contribution < -0.4 is 10.2 Å². The quantitative estimate of drug-likeness (QED) is 0.668. The van der Waals surface area contributed by atoms with E-state index in [9.17, 15) is 10.1 Å². The lowest BCUT2D eigenvalue weighted by Gasteiger charge is -2.36. The first-order chi connectivity index (χ1) is 15.7. The van der Waals surface area contributed by atoms with Crippen LogP contribution in [0.2, 0.25) is 0 Å². The van der Waals surface area contributed by atoms with Gasteiger partial charge in [0.1, 0.15) is 6.07 Å². The fourth-order valence-electron chi connectivity index (χ4n) is 4.76. The monoisotopic (exact) mass is 439 g/mol. The van der Waals surface area contributed by atoms with Crippen molar-refractivity contribution in [3.05, 3.63) is 24.1 Å². The van der Waals surface area contributed by atoms with Crippen molar-refractivity contribution in [2.45, 2.75) is 57.9 Å². The average Bonchev–Trinajstić information content (AvgIpc) is 3.52. The summed E-state index contributed by atoms with van der Waals surface area (Å²) in [5.74, 6) is 1.42. The van der Waals surface area contributed by atoms with E-state index in [0.29, 0.717) is 36.7 Å². The predicted molar refractivity (Wildman–Crippen MR) is 121 cm³/mol. The number of anilines is 1. The van der Waals surface area contributed by atoms with Gasteiger partial charge in [-0.05, 0) is 57.3 Å². The fourth-order valence-corrected chi connectivity index (χ4v) is 4.76. The second-order valence-electron chi connectivity index (χ2n) is 8.81. The molecule has 4 rings (SSSR count). The summed E-state index contributed by atoms with van der Waals surface area (Å²) < 4.78 is 11.2. The van der Waals surface area contributed by atoms with Crippen LogP contribution >= 0.6 is 0 Å². The van der Waals surface area contributed by atoms with Gasteiger partial charge in [-0.1, -0.05) is 19.8 Å². The van der Waals surface area contributed by atoms with E-state index in [1.807, 2.05) is 4.90 Å². The molecule has 2 aromatic rings. The van der Waals surface area contributed by atoms with Gasteiger partial charge in [0.2, 0.25) is 17.5 Å². The van der Waals surface area contributed by atoms with Gasteiger partial charge >= 0.3 is 0 Å². The molecule has 1 N–H and O–H groups in total. The van der Waals surface area contributed by atoms with E-state index >= 15 is 0 Å². The van der Waals surface area contributed by atoms with Crippen LogP contribution in [0, 0.1) is 17.2 Å². The van der Waals surface area contributed by atoms with Gasteiger partial charge in [-0.2, -0.15) is 10.2 Å². The van der Waals surface area contributed by atoms with Crippen molar-refractivity contribution < 1.29 is 13.6 Å². The number of nitrogens with one attached hydrogen (secondary N) is 1. The Morgan fingerprint density at radius 3 is 2.84 bits per heavy atom. The minimum Gasteiger partial charge on any atom is -0.459 e. The molecule has 2 fully saturated rings. The zero-order valence-electron chi connectivity index (χ0n) is 18.9. The van der Waals surface area contributed by atoms with Gasteiger partial charge < -0.3 is 19.1 Å². The average molecular weight is 440 g/mol. The van der Waals surface area contributed by atoms with E-state index in [4.69, 9.17) is 8.83 Å². The number of nitrogens with zero attached hydrogens (tertiary/aromatic N) is 4. The zero-order chi connectivity index (χ0) is 22.3. The molecule has 172 valence electrons. The maximum atomic E-state index is 12.8. The van der Waals surface area contributed by atoms with Gasteiger partial charge in [-0.15, -0.1) is 0 Å². The molecule has 8 nitrogen and oxygen atoms in total. The Labute approximate surface area is 189 Å². The molecule has 1 atom stereocenters. The highest BCUT2D eigenvalue weighted by Crippen LogP contribution is 2.31. The van der Waals surface area contributed by atoms with Crippen molar-refractivity contribution in [3.8, 4) is 17.7 Å². The fraction of sp³-hybridized carbons (Fsp3) is 0.625. The molecule has 2 aliphatic heterocycles. The van der Waals surface area contributed by atoms with Crippen LogP contribution in [-0.4, -0.2) is 54.6 Å². The smallest absolute Gasteiger partial charge is 0.266 e. The second-order valence-corrected chi connectivity index (χ2v) is 8.81. The third-order valence-corrected chi connectivity index (χ3v) is 6.66. The van der Waals surface area contributed by atoms with E-state index in [0.717, 1.165) is 32.5 Å². The Balaban J connectivity index is 1.29. The first-order valence-corrected chi connectivity index (χ1v) is 11.9. The van der Waals surface area contributed by atoms with Gasteiger partial charge in [0.05, 0.1) is 6.26 Å². The molecule has 4 heterocycles. The van der Waals surface area contributed by atoms with Gasteiger partial charge in [-0.25, -0.2) is 0 Å². The maximum Gasteiger partial charge on any atom is 0.266 e. The summed E-state index contributed by atoms with van der Waals surface area (Å²) in [6.07, 6.45) is 9.12. The molecule has 0 aromatic carbocycles. The first kappa shape index (κ1) is 22.4. The predicted octanol–water partition coefficient (Wildman–Crippen LogP) is 3.79. The van der Waals surface area contributed by atoms with E-state index < -0.39 is 0 Å². The Bertz CT molecular complexity index is 909. The summed E-state index contributed by atoms with van der Waals surface area (Å²) in [6.45, 7) is 6.57. The third kappa shape index (κ3) is 5.16. The minimum absolute atomic E-state index is 0.00284. The summed E-state index contributed by atoms with van der Waals surface area (Å²) in [7, 11) is 0. The van der Waals surface area contributed by atoms with E-state index in [1.54, 1.807) is 18.4 Å². The Morgan fingerprint density at radius 1 is 1.28 bits per heavy atom. The van der Waals surface area contributed by atoms with Gasteiger partial charge in [0.25, 0.3) is 5.89 Å². The van der Waals surface area contributed by atoms with Crippen molar-refractivity contribution in [2.75, 3.05) is 37.6 Å². The summed E-state index contributed by atoms with van der Waals surface area (Å²) in [4.78, 5) is 21.7. The molecular formula is C24H33N5O3. The van der Waals surface area contributed by atoms with Crippen molar-refractivity contribution >= 4 is 11.8 Å². The first-order valence-electron chi connectivity index (χ1n) is 11.9. The molecule has 0 bridgehead atoms. The lowest BCUT2D eigenvalue weighted by Crippen LogP contribution is -2.49. The van der Waals surface area contributed by atoms with Gasteiger partial charge in [0.15, 0.2) is 5.76 Å². The Kier molecular flexibility index (Phi) is 7.48. The zero-order valence-corrected chi connectivity index (χ0v) is 18.9. The molecule has 0 spiro atoms. The lowest BCUT2D eigenvalue weighted by molar-refractivity contribution is -0.125. The van der Waals surface area contributed by atoms with Crippen LogP contribution in [0.5, 0.6) is 0 Å². The molecule has 2 aromatic heterocycles. The molecule has 32 heavy (non-hydrogen) atoms. The third-order valence-electron chi connectivity index (χ3n) is 6.66. The highest BCUT2D eigenvalue weighted by Gasteiger charge is 2.30. The molecule has 1 unspecified atom stereocenters. The Hall–Kier alpha value is -2.79. The number of hydrogen-bond donors (Lipinski definition) is 1. The van der Waals surface area contributed by atoms with Gasteiger partial charge in [-0.3, -0.25) is 9.69 Å². The minimum atomic E-state index is -0.00284. The summed E-state index contributed by atoms with van der Waals surface area (Å²) >= 11 is 0. The van der Waals surface area contributed by atoms with Crippen molar-refractivity contribution in [1.82, 2.24) is 15.2 Å².